The van der Waals surface area contributed by atoms with E-state index in [-0.39, 0.29) is 30.4 Å². The van der Waals surface area contributed by atoms with E-state index in [9.17, 15) is 19.2 Å². The van der Waals surface area contributed by atoms with E-state index in [1.165, 1.54) is 7.11 Å². The van der Waals surface area contributed by atoms with Crippen LogP contribution in [0.2, 0.25) is 10.0 Å². The van der Waals surface area contributed by atoms with Gasteiger partial charge in [0.25, 0.3) is 0 Å². The Morgan fingerprint density at radius 3 is 1.34 bits per heavy atom. The molecule has 0 radical (unpaired) electrons. The molecule has 12 nitrogen and oxygen atoms in total. The fourth-order valence-corrected chi connectivity index (χ4v) is 7.19. The lowest BCUT2D eigenvalue weighted by Crippen LogP contribution is -2.52. The number of likely N-dealkylation sites (N-methyl/N-ethyl adjacent to an activating group) is 2. The molecule has 2 fully saturated rings. The van der Waals surface area contributed by atoms with E-state index in [1.54, 1.807) is 58.3 Å². The van der Waals surface area contributed by atoms with Crippen LogP contribution in [0.15, 0.2) is 97.1 Å². The molecule has 0 spiro atoms. The average molecular weight is 831 g/mol. The zero-order chi connectivity index (χ0) is 41.6. The molecule has 0 aliphatic carbocycles. The lowest BCUT2D eigenvalue weighted by molar-refractivity contribution is 0.0600. The van der Waals surface area contributed by atoms with E-state index in [2.05, 4.69) is 23.6 Å². The molecule has 0 unspecified atom stereocenters. The summed E-state index contributed by atoms with van der Waals surface area (Å²) in [7, 11) is 1.36. The van der Waals surface area contributed by atoms with Crippen LogP contribution in [0.4, 0.5) is 21.0 Å². The van der Waals surface area contributed by atoms with E-state index in [4.69, 9.17) is 33.7 Å². The van der Waals surface area contributed by atoms with Crippen LogP contribution in [0.5, 0.6) is 0 Å². The minimum Gasteiger partial charge on any atom is -0.465 e. The highest BCUT2D eigenvalue weighted by atomic mass is 35.5. The molecule has 2 heterocycles. The van der Waals surface area contributed by atoms with Gasteiger partial charge in [0.1, 0.15) is 0 Å². The van der Waals surface area contributed by atoms with Crippen LogP contribution in [0.3, 0.4) is 0 Å². The molecule has 6 rings (SSSR count). The molecular formula is C44H53Cl2N7O5. The van der Waals surface area contributed by atoms with Gasteiger partial charge >= 0.3 is 18.0 Å². The number of ether oxygens (including phenoxy) is 1. The SMILES string of the molecule is CCN1CCN(C(=O)N(Cc2ccc(C(=O)CN)cc2)c2cccc(Cl)c2)CC1.CCN1CCN(C(=O)N(Cc2ccc(C(=O)OC)cc2)c2cccc(Cl)c2)CC1. The lowest BCUT2D eigenvalue weighted by atomic mass is 10.1. The van der Waals surface area contributed by atoms with Gasteiger partial charge in [-0.1, -0.05) is 85.6 Å². The van der Waals surface area contributed by atoms with Crippen molar-refractivity contribution in [3.63, 3.8) is 0 Å². The maximum Gasteiger partial charge on any atom is 0.337 e. The topological polar surface area (TPSA) is 123 Å². The summed E-state index contributed by atoms with van der Waals surface area (Å²) in [6, 6.07) is 28.9. The number of piperazine rings is 2. The molecule has 4 aromatic carbocycles. The van der Waals surface area contributed by atoms with Gasteiger partial charge in [-0.15, -0.1) is 0 Å². The summed E-state index contributed by atoms with van der Waals surface area (Å²) in [6.45, 7) is 13.3. The second-order valence-electron chi connectivity index (χ2n) is 14.1. The maximum absolute atomic E-state index is 13.4. The summed E-state index contributed by atoms with van der Waals surface area (Å²) in [5, 5.41) is 1.16. The number of hydrogen-bond acceptors (Lipinski definition) is 8. The zero-order valence-electron chi connectivity index (χ0n) is 33.5. The molecule has 14 heteroatoms. The van der Waals surface area contributed by atoms with Crippen LogP contribution >= 0.6 is 23.2 Å². The smallest absolute Gasteiger partial charge is 0.337 e. The van der Waals surface area contributed by atoms with Crippen LogP contribution in [-0.4, -0.2) is 123 Å². The van der Waals surface area contributed by atoms with Crippen molar-refractivity contribution < 1.29 is 23.9 Å². The first-order valence-electron chi connectivity index (χ1n) is 19.6. The summed E-state index contributed by atoms with van der Waals surface area (Å²) >= 11 is 12.4. The molecule has 2 aliphatic heterocycles. The van der Waals surface area contributed by atoms with Gasteiger partial charge in [-0.05, 0) is 72.7 Å². The Morgan fingerprint density at radius 1 is 0.603 bits per heavy atom. The summed E-state index contributed by atoms with van der Waals surface area (Å²) in [4.78, 5) is 62.0. The average Bonchev–Trinajstić information content (AvgIpc) is 3.27. The normalized spacial score (nSPS) is 14.6. The standard InChI is InChI=1S/C22H27ClN4O2.C22H26ClN3O3/c1-2-25-10-12-26(13-11-25)22(29)27(20-5-3-4-19(23)14-20)16-17-6-8-18(9-7-17)21(28)15-24;1-3-24-11-13-25(14-12-24)22(28)26(20-6-4-5-19(23)15-20)16-17-7-9-18(10-8-17)21(27)29-2/h3-9,14H,2,10-13,15-16,24H2,1H3;4-10,15H,3,11-14,16H2,1-2H3. The number of benzene rings is 4. The molecule has 4 amide bonds. The Labute approximate surface area is 351 Å². The minimum absolute atomic E-state index is 0.0176. The third kappa shape index (κ3) is 12.0. The first-order valence-corrected chi connectivity index (χ1v) is 20.4. The fraction of sp³-hybridized carbons (Fsp3) is 0.364. The van der Waals surface area contributed by atoms with Crippen LogP contribution in [0.25, 0.3) is 0 Å². The number of nitrogens with two attached hydrogens (primary N) is 1. The number of esters is 1. The van der Waals surface area contributed by atoms with Crippen LogP contribution in [-0.2, 0) is 17.8 Å². The van der Waals surface area contributed by atoms with Gasteiger partial charge in [-0.25, -0.2) is 14.4 Å². The Bertz CT molecular complexity index is 1840. The van der Waals surface area contributed by atoms with E-state index < -0.39 is 0 Å². The lowest BCUT2D eigenvalue weighted by Gasteiger charge is -2.37. The zero-order valence-corrected chi connectivity index (χ0v) is 35.0. The summed E-state index contributed by atoms with van der Waals surface area (Å²) < 4.78 is 4.75. The van der Waals surface area contributed by atoms with Gasteiger partial charge in [0.15, 0.2) is 5.78 Å². The van der Waals surface area contributed by atoms with Gasteiger partial charge in [-0.3, -0.25) is 14.6 Å². The highest BCUT2D eigenvalue weighted by Crippen LogP contribution is 2.25. The number of halogens is 2. The van der Waals surface area contributed by atoms with Gasteiger partial charge in [0.2, 0.25) is 0 Å². The second kappa shape index (κ2) is 21.7. The number of rotatable bonds is 11. The van der Waals surface area contributed by atoms with Crippen molar-refractivity contribution in [1.29, 1.82) is 0 Å². The molecule has 2 aliphatic rings. The first-order chi connectivity index (χ1) is 28.0. The number of amides is 4. The van der Waals surface area contributed by atoms with E-state index in [0.29, 0.717) is 60.4 Å². The summed E-state index contributed by atoms with van der Waals surface area (Å²) in [5.74, 6) is -0.485. The molecule has 2 saturated heterocycles. The highest BCUT2D eigenvalue weighted by Gasteiger charge is 2.28. The number of urea groups is 2. The van der Waals surface area contributed by atoms with E-state index in [0.717, 1.165) is 61.8 Å². The predicted molar refractivity (Wildman–Crippen MR) is 231 cm³/mol. The second-order valence-corrected chi connectivity index (χ2v) is 14.9. The van der Waals surface area contributed by atoms with Gasteiger partial charge < -0.3 is 30.1 Å². The third-order valence-electron chi connectivity index (χ3n) is 10.4. The molecule has 58 heavy (non-hydrogen) atoms. The molecule has 0 bridgehead atoms. The van der Waals surface area contributed by atoms with Crippen molar-refractivity contribution in [3.05, 3.63) is 129 Å². The first kappa shape index (κ1) is 44.1. The molecular weight excluding hydrogens is 777 g/mol. The highest BCUT2D eigenvalue weighted by molar-refractivity contribution is 6.31. The van der Waals surface area contributed by atoms with Crippen LogP contribution in [0, 0.1) is 0 Å². The molecule has 0 saturated carbocycles. The molecule has 308 valence electrons. The van der Waals surface area contributed by atoms with Crippen molar-refractivity contribution in [2.75, 3.05) is 88.9 Å². The minimum atomic E-state index is -0.381. The number of ketones is 1. The number of hydrogen-bond donors (Lipinski definition) is 1. The van der Waals surface area contributed by atoms with Crippen molar-refractivity contribution in [3.8, 4) is 0 Å². The third-order valence-corrected chi connectivity index (χ3v) is 10.9. The molecule has 2 N–H and O–H groups in total. The number of nitrogens with zero attached hydrogens (tertiary/aromatic N) is 6. The van der Waals surface area contributed by atoms with Gasteiger partial charge in [0.05, 0.1) is 32.3 Å². The largest absolute Gasteiger partial charge is 0.465 e. The van der Waals surface area contributed by atoms with E-state index in [1.807, 2.05) is 58.3 Å². The van der Waals surface area contributed by atoms with E-state index >= 15 is 0 Å². The number of Topliss-reactive ketones (excluding diaryl/α,β-unsaturated/α-hetero) is 1. The molecule has 4 aromatic rings. The number of carbonyl (C=O) groups excluding carboxylic acids is 4. The molecule has 0 aromatic heterocycles. The fourth-order valence-electron chi connectivity index (χ4n) is 6.82. The van der Waals surface area contributed by atoms with Gasteiger partial charge in [-0.2, -0.15) is 0 Å². The number of carbonyl (C=O) groups is 4. The summed E-state index contributed by atoms with van der Waals surface area (Å²) in [6.07, 6.45) is 0. The predicted octanol–water partition coefficient (Wildman–Crippen LogP) is 7.14. The molecule has 0 atom stereocenters. The van der Waals surface area contributed by atoms with Gasteiger partial charge in [0, 0.05) is 79.3 Å². The Kier molecular flexibility index (Phi) is 16.5. The quantitative estimate of drug-likeness (QED) is 0.125. The Morgan fingerprint density at radius 2 is 1.00 bits per heavy atom. The maximum atomic E-state index is 13.4. The summed E-state index contributed by atoms with van der Waals surface area (Å²) in [5.41, 5.74) is 9.83. The van der Waals surface area contributed by atoms with Crippen LogP contribution < -0.4 is 15.5 Å². The number of anilines is 2. The van der Waals surface area contributed by atoms with Crippen molar-refractivity contribution in [2.45, 2.75) is 26.9 Å². The monoisotopic (exact) mass is 829 g/mol. The number of methoxy groups -OCH3 is 1. The van der Waals surface area contributed by atoms with Crippen molar-refractivity contribution in [1.82, 2.24) is 19.6 Å². The van der Waals surface area contributed by atoms with Crippen LogP contribution in [0.1, 0.15) is 45.7 Å². The van der Waals surface area contributed by atoms with Crippen molar-refractivity contribution >= 4 is 58.4 Å². The van der Waals surface area contributed by atoms with Crippen molar-refractivity contribution in [2.24, 2.45) is 5.73 Å². The Hall–Kier alpha value is -4.98. The Balaban J connectivity index is 0.000000221.